The van der Waals surface area contributed by atoms with Crippen LogP contribution in [0.4, 0.5) is 13.2 Å². The van der Waals surface area contributed by atoms with E-state index in [1.54, 1.807) is 12.1 Å². The highest BCUT2D eigenvalue weighted by Crippen LogP contribution is 2.32. The van der Waals surface area contributed by atoms with E-state index in [1.165, 1.54) is 37.4 Å². The van der Waals surface area contributed by atoms with E-state index in [9.17, 15) is 13.2 Å². The molecule has 0 aromatic heterocycles. The first kappa shape index (κ1) is 14.7. The van der Waals surface area contributed by atoms with Crippen LogP contribution in [-0.4, -0.2) is 13.7 Å². The van der Waals surface area contributed by atoms with Gasteiger partial charge in [0.25, 0.3) is 0 Å². The molecule has 0 saturated carbocycles. The lowest BCUT2D eigenvalue weighted by Crippen LogP contribution is -2.03. The Morgan fingerprint density at radius 3 is 2.52 bits per heavy atom. The van der Waals surface area contributed by atoms with E-state index in [2.05, 4.69) is 4.74 Å². The molecule has 0 radical (unpaired) electrons. The van der Waals surface area contributed by atoms with Crippen LogP contribution in [0.5, 0.6) is 11.5 Å². The maximum atomic E-state index is 14.2. The number of hydrogen-bond acceptors (Lipinski definition) is 3. The first-order valence-corrected chi connectivity index (χ1v) is 5.88. The van der Waals surface area contributed by atoms with Crippen molar-refractivity contribution in [3.63, 3.8) is 0 Å². The lowest BCUT2D eigenvalue weighted by atomic mass is 10.0. The molecule has 0 aliphatic heterocycles. The van der Waals surface area contributed by atoms with Crippen LogP contribution in [0.2, 0.25) is 0 Å². The molecule has 0 atom stereocenters. The zero-order chi connectivity index (χ0) is 15.4. The van der Waals surface area contributed by atoms with Crippen molar-refractivity contribution >= 4 is 0 Å². The summed E-state index contributed by atoms with van der Waals surface area (Å²) in [5.41, 5.74) is 0.418. The molecule has 0 heterocycles. The lowest BCUT2D eigenvalue weighted by molar-refractivity contribution is -0.0500. The van der Waals surface area contributed by atoms with Gasteiger partial charge in [0.15, 0.2) is 11.6 Å². The SMILES string of the molecule is COc1cccc(-c2ccc(C#N)c(OC(F)F)c2)c1F. The second-order valence-electron chi connectivity index (χ2n) is 4.02. The minimum Gasteiger partial charge on any atom is -0.494 e. The van der Waals surface area contributed by atoms with Crippen molar-refractivity contribution in [3.05, 3.63) is 47.8 Å². The van der Waals surface area contributed by atoms with Gasteiger partial charge in [-0.15, -0.1) is 0 Å². The number of rotatable bonds is 4. The second kappa shape index (κ2) is 6.18. The minimum atomic E-state index is -3.07. The maximum Gasteiger partial charge on any atom is 0.387 e. The predicted molar refractivity (Wildman–Crippen MR) is 69.7 cm³/mol. The Balaban J connectivity index is 2.53. The van der Waals surface area contributed by atoms with Crippen LogP contribution in [0.3, 0.4) is 0 Å². The lowest BCUT2D eigenvalue weighted by Gasteiger charge is -2.11. The van der Waals surface area contributed by atoms with E-state index in [4.69, 9.17) is 10.00 Å². The Bertz CT molecular complexity index is 696. The van der Waals surface area contributed by atoms with Gasteiger partial charge in [-0.2, -0.15) is 14.0 Å². The molecule has 0 aliphatic carbocycles. The van der Waals surface area contributed by atoms with Gasteiger partial charge < -0.3 is 9.47 Å². The molecular weight excluding hydrogens is 283 g/mol. The minimum absolute atomic E-state index is 0.0354. The van der Waals surface area contributed by atoms with Crippen LogP contribution in [0, 0.1) is 17.1 Å². The number of nitrogens with zero attached hydrogens (tertiary/aromatic N) is 1. The van der Waals surface area contributed by atoms with Crippen molar-refractivity contribution in [2.75, 3.05) is 7.11 Å². The molecule has 108 valence electrons. The van der Waals surface area contributed by atoms with Crippen molar-refractivity contribution in [3.8, 4) is 28.7 Å². The van der Waals surface area contributed by atoms with Crippen molar-refractivity contribution in [2.24, 2.45) is 0 Å². The monoisotopic (exact) mass is 293 g/mol. The number of nitriles is 1. The molecule has 0 N–H and O–H groups in total. The fraction of sp³-hybridized carbons (Fsp3) is 0.133. The van der Waals surface area contributed by atoms with Crippen LogP contribution in [0.25, 0.3) is 11.1 Å². The maximum absolute atomic E-state index is 14.2. The third-order valence-corrected chi connectivity index (χ3v) is 2.81. The molecule has 0 unspecified atom stereocenters. The number of hydrogen-bond donors (Lipinski definition) is 0. The van der Waals surface area contributed by atoms with Gasteiger partial charge in [0.2, 0.25) is 0 Å². The summed E-state index contributed by atoms with van der Waals surface area (Å²) < 4.78 is 48.0. The standard InChI is InChI=1S/C15H10F3NO2/c1-20-12-4-2-3-11(14(12)16)9-5-6-10(8-19)13(7-9)21-15(17)18/h2-7,15H,1H3. The highest BCUT2D eigenvalue weighted by atomic mass is 19.3. The van der Waals surface area contributed by atoms with Crippen molar-refractivity contribution in [1.29, 1.82) is 5.26 Å². The zero-order valence-corrected chi connectivity index (χ0v) is 10.9. The van der Waals surface area contributed by atoms with Gasteiger partial charge in [-0.05, 0) is 23.8 Å². The number of benzene rings is 2. The second-order valence-corrected chi connectivity index (χ2v) is 4.02. The van der Waals surface area contributed by atoms with Gasteiger partial charge in [-0.3, -0.25) is 0 Å². The fourth-order valence-electron chi connectivity index (χ4n) is 1.87. The molecule has 0 saturated heterocycles. The Morgan fingerprint density at radius 2 is 1.90 bits per heavy atom. The van der Waals surface area contributed by atoms with Crippen molar-refractivity contribution in [2.45, 2.75) is 6.61 Å². The average Bonchev–Trinajstić information content (AvgIpc) is 2.47. The first-order valence-electron chi connectivity index (χ1n) is 5.88. The highest BCUT2D eigenvalue weighted by Gasteiger charge is 2.15. The van der Waals surface area contributed by atoms with E-state index in [0.717, 1.165) is 0 Å². The molecule has 0 bridgehead atoms. The molecule has 3 nitrogen and oxygen atoms in total. The fourth-order valence-corrected chi connectivity index (χ4v) is 1.87. The summed E-state index contributed by atoms with van der Waals surface area (Å²) in [6.45, 7) is -3.07. The van der Waals surface area contributed by atoms with Crippen LogP contribution < -0.4 is 9.47 Å². The van der Waals surface area contributed by atoms with E-state index >= 15 is 0 Å². The molecule has 6 heteroatoms. The summed E-state index contributed by atoms with van der Waals surface area (Å²) in [5, 5.41) is 8.86. The van der Waals surface area contributed by atoms with Gasteiger partial charge in [0.05, 0.1) is 12.7 Å². The van der Waals surface area contributed by atoms with E-state index in [-0.39, 0.29) is 22.6 Å². The third-order valence-electron chi connectivity index (χ3n) is 2.81. The molecule has 0 fully saturated rings. The molecule has 2 aromatic carbocycles. The van der Waals surface area contributed by atoms with E-state index in [0.29, 0.717) is 5.56 Å². The number of halogens is 3. The van der Waals surface area contributed by atoms with E-state index < -0.39 is 12.4 Å². The molecule has 0 spiro atoms. The first-order chi connectivity index (χ1) is 10.1. The normalized spacial score (nSPS) is 10.3. The van der Waals surface area contributed by atoms with Gasteiger partial charge in [0.1, 0.15) is 11.8 Å². The van der Waals surface area contributed by atoms with Crippen LogP contribution in [-0.2, 0) is 0 Å². The smallest absolute Gasteiger partial charge is 0.387 e. The van der Waals surface area contributed by atoms with Crippen molar-refractivity contribution in [1.82, 2.24) is 0 Å². The summed E-state index contributed by atoms with van der Waals surface area (Å²) in [4.78, 5) is 0. The van der Waals surface area contributed by atoms with E-state index in [1.807, 2.05) is 0 Å². The summed E-state index contributed by atoms with van der Waals surface area (Å²) >= 11 is 0. The Morgan fingerprint density at radius 1 is 1.14 bits per heavy atom. The molecule has 2 aromatic rings. The highest BCUT2D eigenvalue weighted by molar-refractivity contribution is 5.69. The van der Waals surface area contributed by atoms with Crippen LogP contribution >= 0.6 is 0 Å². The quantitative estimate of drug-likeness (QED) is 0.856. The van der Waals surface area contributed by atoms with Crippen molar-refractivity contribution < 1.29 is 22.6 Å². The summed E-state index contributed by atoms with van der Waals surface area (Å²) in [6.07, 6.45) is 0. The van der Waals surface area contributed by atoms with Gasteiger partial charge in [0, 0.05) is 5.56 Å². The number of ether oxygens (including phenoxy) is 2. The Labute approximate surface area is 119 Å². The van der Waals surface area contributed by atoms with Gasteiger partial charge in [-0.1, -0.05) is 18.2 Å². The largest absolute Gasteiger partial charge is 0.494 e. The van der Waals surface area contributed by atoms with Crippen LogP contribution in [0.1, 0.15) is 5.56 Å². The number of methoxy groups -OCH3 is 1. The molecule has 2 rings (SSSR count). The van der Waals surface area contributed by atoms with Gasteiger partial charge >= 0.3 is 6.61 Å². The topological polar surface area (TPSA) is 42.2 Å². The zero-order valence-electron chi connectivity index (χ0n) is 10.9. The predicted octanol–water partition coefficient (Wildman–Crippen LogP) is 3.97. The third kappa shape index (κ3) is 3.08. The molecule has 0 aliphatic rings. The Kier molecular flexibility index (Phi) is 4.33. The molecule has 0 amide bonds. The van der Waals surface area contributed by atoms with Crippen LogP contribution in [0.15, 0.2) is 36.4 Å². The molecular formula is C15H10F3NO2. The number of alkyl halides is 2. The summed E-state index contributed by atoms with van der Waals surface area (Å²) in [6, 6.07) is 10.2. The summed E-state index contributed by atoms with van der Waals surface area (Å²) in [5.74, 6) is -0.881. The average molecular weight is 293 g/mol. The Hall–Kier alpha value is -2.68. The molecule has 21 heavy (non-hydrogen) atoms. The van der Waals surface area contributed by atoms with Gasteiger partial charge in [-0.25, -0.2) is 4.39 Å². The summed E-state index contributed by atoms with van der Waals surface area (Å²) in [7, 11) is 1.33.